The van der Waals surface area contributed by atoms with Gasteiger partial charge in [0.1, 0.15) is 6.04 Å². The number of likely N-dealkylation sites (tertiary alicyclic amines) is 1. The Bertz CT molecular complexity index is 1040. The molecule has 0 radical (unpaired) electrons. The lowest BCUT2D eigenvalue weighted by molar-refractivity contribution is -0.136. The summed E-state index contributed by atoms with van der Waals surface area (Å²) < 4.78 is 0. The first kappa shape index (κ1) is 20.8. The SMILES string of the molecule is O=C1CCC(N2C(=O)c3ccc(N4CC5(CN(CC6CCNCC6)C5)C4)cc3C2=O)C(=O)N1. The number of nitrogens with one attached hydrogen (secondary N) is 2. The highest BCUT2D eigenvalue weighted by molar-refractivity contribution is 6.23. The van der Waals surface area contributed by atoms with E-state index < -0.39 is 23.8 Å². The molecule has 4 fully saturated rings. The quantitative estimate of drug-likeness (QED) is 0.631. The predicted octanol–water partition coefficient (Wildman–Crippen LogP) is 0.209. The van der Waals surface area contributed by atoms with Crippen molar-refractivity contribution in [1.29, 1.82) is 0 Å². The third-order valence-electron chi connectivity index (χ3n) is 7.93. The van der Waals surface area contributed by atoms with Gasteiger partial charge < -0.3 is 15.1 Å². The van der Waals surface area contributed by atoms with Crippen LogP contribution >= 0.6 is 0 Å². The Hall–Kier alpha value is -2.78. The van der Waals surface area contributed by atoms with Crippen LogP contribution in [-0.2, 0) is 9.59 Å². The molecule has 9 heteroatoms. The van der Waals surface area contributed by atoms with Gasteiger partial charge in [-0.15, -0.1) is 0 Å². The molecule has 1 aromatic carbocycles. The largest absolute Gasteiger partial charge is 0.370 e. The van der Waals surface area contributed by atoms with Crippen LogP contribution in [0.3, 0.4) is 0 Å². The molecule has 9 nitrogen and oxygen atoms in total. The topological polar surface area (TPSA) is 102 Å². The van der Waals surface area contributed by atoms with Gasteiger partial charge in [-0.25, -0.2) is 0 Å². The number of hydrogen-bond donors (Lipinski definition) is 2. The Morgan fingerprint density at radius 2 is 1.64 bits per heavy atom. The average Bonchev–Trinajstić information content (AvgIpc) is 2.99. The fourth-order valence-electron chi connectivity index (χ4n) is 6.26. The van der Waals surface area contributed by atoms with E-state index in [0.29, 0.717) is 16.5 Å². The van der Waals surface area contributed by atoms with E-state index in [0.717, 1.165) is 55.8 Å². The summed E-state index contributed by atoms with van der Waals surface area (Å²) in [7, 11) is 0. The number of hydrogen-bond acceptors (Lipinski definition) is 7. The lowest BCUT2D eigenvalue weighted by Crippen LogP contribution is -2.72. The van der Waals surface area contributed by atoms with Crippen LogP contribution in [-0.4, -0.2) is 85.3 Å². The molecule has 5 aliphatic rings. The van der Waals surface area contributed by atoms with Crippen molar-refractivity contribution in [2.75, 3.05) is 50.7 Å². The van der Waals surface area contributed by atoms with Gasteiger partial charge in [0.2, 0.25) is 11.8 Å². The van der Waals surface area contributed by atoms with E-state index in [9.17, 15) is 19.2 Å². The molecule has 1 unspecified atom stereocenters. The summed E-state index contributed by atoms with van der Waals surface area (Å²) >= 11 is 0. The molecule has 5 heterocycles. The average molecular weight is 452 g/mol. The Morgan fingerprint density at radius 3 is 2.36 bits per heavy atom. The number of carbonyl (C=O) groups is 4. The van der Waals surface area contributed by atoms with E-state index in [-0.39, 0.29) is 18.7 Å². The molecule has 5 aliphatic heterocycles. The van der Waals surface area contributed by atoms with Crippen molar-refractivity contribution in [2.45, 2.75) is 31.7 Å². The molecular weight excluding hydrogens is 422 g/mol. The number of benzene rings is 1. The van der Waals surface area contributed by atoms with Crippen LogP contribution in [0.2, 0.25) is 0 Å². The van der Waals surface area contributed by atoms with Gasteiger partial charge in [-0.2, -0.15) is 0 Å². The fourth-order valence-corrected chi connectivity index (χ4v) is 6.26. The number of imide groups is 2. The van der Waals surface area contributed by atoms with Gasteiger partial charge in [0, 0.05) is 50.2 Å². The Kier molecular flexibility index (Phi) is 4.81. The van der Waals surface area contributed by atoms with Crippen molar-refractivity contribution in [3.63, 3.8) is 0 Å². The van der Waals surface area contributed by atoms with Crippen LogP contribution in [0.25, 0.3) is 0 Å². The summed E-state index contributed by atoms with van der Waals surface area (Å²) in [5.41, 5.74) is 1.98. The van der Waals surface area contributed by atoms with E-state index >= 15 is 0 Å². The van der Waals surface area contributed by atoms with Crippen molar-refractivity contribution in [3.8, 4) is 0 Å². The minimum absolute atomic E-state index is 0.125. The zero-order valence-corrected chi connectivity index (χ0v) is 18.6. The summed E-state index contributed by atoms with van der Waals surface area (Å²) in [6, 6.07) is 4.47. The number of piperidine rings is 2. The second kappa shape index (κ2) is 7.63. The monoisotopic (exact) mass is 451 g/mol. The molecule has 6 rings (SSSR count). The fraction of sp³-hybridized carbons (Fsp3) is 0.583. The molecule has 4 saturated heterocycles. The molecule has 0 bridgehead atoms. The number of fused-ring (bicyclic) bond motifs is 1. The predicted molar refractivity (Wildman–Crippen MR) is 120 cm³/mol. The van der Waals surface area contributed by atoms with E-state index in [1.807, 2.05) is 6.07 Å². The highest BCUT2D eigenvalue weighted by Gasteiger charge is 2.52. The molecule has 1 atom stereocenters. The first-order valence-corrected chi connectivity index (χ1v) is 12.0. The Labute approximate surface area is 192 Å². The smallest absolute Gasteiger partial charge is 0.262 e. The van der Waals surface area contributed by atoms with Gasteiger partial charge in [-0.3, -0.25) is 29.4 Å². The van der Waals surface area contributed by atoms with Gasteiger partial charge >= 0.3 is 0 Å². The molecule has 0 aliphatic carbocycles. The third kappa shape index (κ3) is 3.45. The first-order chi connectivity index (χ1) is 15.9. The molecule has 0 saturated carbocycles. The first-order valence-electron chi connectivity index (χ1n) is 12.0. The number of anilines is 1. The van der Waals surface area contributed by atoms with Gasteiger partial charge in [0.05, 0.1) is 11.1 Å². The minimum atomic E-state index is -0.924. The molecule has 2 N–H and O–H groups in total. The maximum Gasteiger partial charge on any atom is 0.262 e. The van der Waals surface area contributed by atoms with E-state index in [2.05, 4.69) is 20.4 Å². The van der Waals surface area contributed by atoms with E-state index in [4.69, 9.17) is 0 Å². The van der Waals surface area contributed by atoms with E-state index in [1.54, 1.807) is 12.1 Å². The maximum absolute atomic E-state index is 13.1. The van der Waals surface area contributed by atoms with Gasteiger partial charge in [0.15, 0.2) is 0 Å². The van der Waals surface area contributed by atoms with E-state index in [1.165, 1.54) is 19.4 Å². The van der Waals surface area contributed by atoms with Crippen LogP contribution in [0, 0.1) is 11.3 Å². The highest BCUT2D eigenvalue weighted by atomic mass is 16.2. The molecule has 0 aromatic heterocycles. The third-order valence-corrected chi connectivity index (χ3v) is 7.93. The summed E-state index contributed by atoms with van der Waals surface area (Å²) in [6.07, 6.45) is 2.84. The van der Waals surface area contributed by atoms with Crippen LogP contribution in [0.5, 0.6) is 0 Å². The number of rotatable bonds is 4. The molecule has 174 valence electrons. The second-order valence-electron chi connectivity index (χ2n) is 10.4. The normalized spacial score (nSPS) is 27.5. The number of carbonyl (C=O) groups excluding carboxylic acids is 4. The van der Waals surface area contributed by atoms with Crippen molar-refractivity contribution in [1.82, 2.24) is 20.4 Å². The molecule has 4 amide bonds. The summed E-state index contributed by atoms with van der Waals surface area (Å²) in [4.78, 5) is 55.5. The molecular formula is C24H29N5O4. The van der Waals surface area contributed by atoms with Gasteiger partial charge in [-0.05, 0) is 56.5 Å². The second-order valence-corrected chi connectivity index (χ2v) is 10.4. The van der Waals surface area contributed by atoms with Crippen LogP contribution in [0.15, 0.2) is 18.2 Å². The molecule has 1 aromatic rings. The molecule has 1 spiro atoms. The van der Waals surface area contributed by atoms with Crippen molar-refractivity contribution in [3.05, 3.63) is 29.3 Å². The lowest BCUT2D eigenvalue weighted by Gasteiger charge is -2.61. The maximum atomic E-state index is 13.1. The summed E-state index contributed by atoms with van der Waals surface area (Å²) in [5.74, 6) is -1.04. The van der Waals surface area contributed by atoms with Gasteiger partial charge in [0.25, 0.3) is 11.8 Å². The van der Waals surface area contributed by atoms with Gasteiger partial charge in [-0.1, -0.05) is 0 Å². The van der Waals surface area contributed by atoms with Crippen LogP contribution in [0.4, 0.5) is 5.69 Å². The number of nitrogens with zero attached hydrogens (tertiary/aromatic N) is 3. The zero-order chi connectivity index (χ0) is 22.7. The Balaban J connectivity index is 1.09. The minimum Gasteiger partial charge on any atom is -0.370 e. The van der Waals surface area contributed by atoms with Crippen molar-refractivity contribution in [2.24, 2.45) is 11.3 Å². The lowest BCUT2D eigenvalue weighted by atomic mass is 9.72. The molecule has 33 heavy (non-hydrogen) atoms. The number of amides is 4. The van der Waals surface area contributed by atoms with Crippen molar-refractivity contribution >= 4 is 29.3 Å². The standard InChI is InChI=1S/C24H29N5O4/c30-20-4-3-19(21(31)26-20)29-22(32)17-2-1-16(9-18(17)23(29)33)28-13-24(14-28)11-27(12-24)10-15-5-7-25-8-6-15/h1-2,9,15,19,25H,3-8,10-14H2,(H,26,30,31). The van der Waals surface area contributed by atoms with Crippen LogP contribution in [0.1, 0.15) is 46.4 Å². The summed E-state index contributed by atoms with van der Waals surface area (Å²) in [5, 5.41) is 5.66. The zero-order valence-electron chi connectivity index (χ0n) is 18.6. The van der Waals surface area contributed by atoms with Crippen LogP contribution < -0.4 is 15.5 Å². The van der Waals surface area contributed by atoms with Crippen molar-refractivity contribution < 1.29 is 19.2 Å². The summed E-state index contributed by atoms with van der Waals surface area (Å²) in [6.45, 7) is 7.68. The Morgan fingerprint density at radius 1 is 0.909 bits per heavy atom. The highest BCUT2D eigenvalue weighted by Crippen LogP contribution is 2.43.